The molecule has 0 amide bonds. The highest BCUT2D eigenvalue weighted by Crippen LogP contribution is 2.46. The Labute approximate surface area is 688 Å². The van der Waals surface area contributed by atoms with Gasteiger partial charge in [0.1, 0.15) is 45.0 Å². The lowest BCUT2D eigenvalue weighted by Gasteiger charge is -2.15. The molecule has 0 fully saturated rings. The third-order valence-electron chi connectivity index (χ3n) is 14.5. The van der Waals surface area contributed by atoms with Crippen molar-refractivity contribution in [1.82, 2.24) is 24.3 Å². The van der Waals surface area contributed by atoms with Gasteiger partial charge in [-0.2, -0.15) is 80.9 Å². The number of aromatic nitrogens is 5. The second-order valence-corrected chi connectivity index (χ2v) is 35.5. The fourth-order valence-electron chi connectivity index (χ4n) is 9.53. The van der Waals surface area contributed by atoms with E-state index >= 15 is 0 Å². The van der Waals surface area contributed by atoms with Crippen LogP contribution in [0.15, 0.2) is 164 Å². The molecule has 9 aromatic rings. The Balaban J connectivity index is 0.00000198. The number of nitrogens with one attached hydrogen (secondary N) is 3. The number of hydrogen-bond acceptors (Lipinski definition) is 41. The fourth-order valence-corrected chi connectivity index (χ4v) is 14.8. The van der Waals surface area contributed by atoms with Crippen LogP contribution in [0.1, 0.15) is 48.9 Å². The molecule has 9 rings (SSSR count). The number of hydrogen-bond donors (Lipinski definition) is 10. The van der Waals surface area contributed by atoms with Gasteiger partial charge in [-0.25, -0.2) is 4.98 Å². The topological polar surface area (TPSA) is 725 Å². The van der Waals surface area contributed by atoms with Crippen molar-refractivity contribution in [1.29, 1.82) is 5.26 Å². The zero-order valence-corrected chi connectivity index (χ0v) is 69.2. The number of nitriles is 1. The molecule has 0 spiro atoms. The van der Waals surface area contributed by atoms with Crippen LogP contribution < -0.4 is 20.7 Å². The number of benzene rings is 6. The van der Waals surface area contributed by atoms with Crippen LogP contribution >= 0.6 is 23.5 Å². The number of nitro groups is 1. The molecule has 6 aromatic carbocycles. The predicted molar refractivity (Wildman–Crippen MR) is 429 cm³/mol. The van der Waals surface area contributed by atoms with Crippen molar-refractivity contribution in [2.75, 3.05) is 77.8 Å². The summed E-state index contributed by atoms with van der Waals surface area (Å²) in [6.45, 7) is 3.72. The highest BCUT2D eigenvalue weighted by atomic mass is 32.2. The van der Waals surface area contributed by atoms with Gasteiger partial charge in [0.2, 0.25) is 23.7 Å². The zero-order chi connectivity index (χ0) is 87.8. The fraction of sp³-hybridized carbons (Fsp3) is 0.274. The largest absolute Gasteiger partial charge is 0.493 e. The summed E-state index contributed by atoms with van der Waals surface area (Å²) in [5.41, 5.74) is 0.0603. The predicted octanol–water partition coefficient (Wildman–Crippen LogP) is 11.3. The number of aromatic hydroxyl groups is 1. The van der Waals surface area contributed by atoms with Crippen molar-refractivity contribution in [3.63, 3.8) is 0 Å². The van der Waals surface area contributed by atoms with Gasteiger partial charge in [0.15, 0.2) is 11.3 Å². The molecule has 0 radical (unpaired) electrons. The summed E-state index contributed by atoms with van der Waals surface area (Å²) in [6, 6.07) is 24.2. The van der Waals surface area contributed by atoms with Gasteiger partial charge in [0.25, 0.3) is 66.4 Å². The lowest BCUT2D eigenvalue weighted by atomic mass is 10.1. The molecule has 0 saturated heterocycles. The van der Waals surface area contributed by atoms with Crippen molar-refractivity contribution >= 4 is 203 Å². The van der Waals surface area contributed by atoms with E-state index in [4.69, 9.17) is 30.0 Å². The molecule has 3 heterocycles. The van der Waals surface area contributed by atoms with Crippen LogP contribution in [0.5, 0.6) is 11.6 Å². The number of ether oxygens (including phenoxy) is 2. The number of nitrogens with zero attached hydrogens (tertiary/aromatic N) is 15. The van der Waals surface area contributed by atoms with Crippen LogP contribution in [0.2, 0.25) is 0 Å². The Morgan fingerprint density at radius 3 is 1.59 bits per heavy atom. The number of thioether (sulfide) groups is 2. The molecule has 640 valence electrons. The van der Waals surface area contributed by atoms with Gasteiger partial charge in [-0.15, -0.1) is 79.5 Å². The molecule has 0 unspecified atom stereocenters. The Morgan fingerprint density at radius 2 is 1.04 bits per heavy atom. The molecule has 10 N–H and O–H groups in total. The summed E-state index contributed by atoms with van der Waals surface area (Å²) in [6.07, 6.45) is -0.567. The maximum absolute atomic E-state index is 12.4. The van der Waals surface area contributed by atoms with E-state index in [1.165, 1.54) is 66.8 Å². The lowest BCUT2D eigenvalue weighted by molar-refractivity contribution is -0.385. The SMILES string of the molecule is C.COC.Cc1cc(N=Nc2c(C)c(C#N)c3nc4ccccc4n3c2O)c(OCCCS(=O)(=O)O)cc1N=Nc1cc(Nc2nc(NCCS(=O)(=O)O)nc(Nc3cccc(S(=O)(=O)O)c3)n2)c(N=Nc2cc(C)c(N=Nc3ccc([N+](=O)[O-])cc3S(=O)(=O)O)cc2SCCCS(=O)(=O)O)cc1SCCCS(=O)(=O)O.O=S(=O)=O.O=S(=O)=O. The molecular formula is C62H68N18O29S10. The standard InChI is InChI=1S/C59H58N18O22S8.C2H6O.CH4.2O3S/c1-33-24-46(72-75-54-35(3)39(32-60)55-63-40-12-4-5-13-49(40)76(55)56(54)78)50(99-17-7-20-102(81,82)83)29-42(33)69-74-48-28-44(64-59-66-57(61-16-23-105(90,91)92)65-58(67-59)62-36-10-6-11-38(26-36)106(93,94)95)45(31-52(48)101-19-9-22-104(87,88)89)71-73-47-25-34(2)43(30-51(47)100-18-8-21-103(84,85)86)70-68-41-15-14-37(77(79)80)27-53(41)107(96,97)98;1-3-2;;2*1-4(2)3/h4-6,10-15,24-31,78H,7-9,16-23H2,1-3H3,(H,81,82,83)(H,84,85,86)(H,87,88,89)(H,90,91,92)(H,93,94,95)(H,96,97,98)(H3,61,62,64,65,66,67);1-2H3;1H4;;. The molecule has 119 heavy (non-hydrogen) atoms. The second kappa shape index (κ2) is 43.6. The first-order valence-electron chi connectivity index (χ1n) is 32.2. The van der Waals surface area contributed by atoms with Gasteiger partial charge < -0.3 is 30.5 Å². The molecule has 0 saturated carbocycles. The number of methoxy groups -OCH3 is 1. The van der Waals surface area contributed by atoms with Crippen LogP contribution in [-0.2, 0) is 86.7 Å². The molecule has 57 heteroatoms. The van der Waals surface area contributed by atoms with Crippen molar-refractivity contribution in [2.24, 2.45) is 40.9 Å². The minimum absolute atomic E-state index is 0. The Kier molecular flexibility index (Phi) is 36.1. The first-order valence-corrected chi connectivity index (χ1v) is 45.5. The zero-order valence-electron chi connectivity index (χ0n) is 61.0. The summed E-state index contributed by atoms with van der Waals surface area (Å²) in [5.74, 6) is -4.84. The van der Waals surface area contributed by atoms with Crippen molar-refractivity contribution in [2.45, 2.75) is 67.0 Å². The van der Waals surface area contributed by atoms with Gasteiger partial charge >= 0.3 is 21.2 Å². The normalized spacial score (nSPS) is 11.9. The monoisotopic (exact) mass is 1850 g/mol. The van der Waals surface area contributed by atoms with Crippen LogP contribution in [0.3, 0.4) is 0 Å². The average molecular weight is 1850 g/mol. The molecular weight excluding hydrogens is 1780 g/mol. The maximum atomic E-state index is 12.4. The summed E-state index contributed by atoms with van der Waals surface area (Å²) in [7, 11) is -30.9. The number of anilines is 5. The van der Waals surface area contributed by atoms with E-state index in [1.54, 1.807) is 45.4 Å². The first-order chi connectivity index (χ1) is 55.1. The number of aryl methyl sites for hydroxylation is 2. The van der Waals surface area contributed by atoms with E-state index in [1.807, 2.05) is 0 Å². The number of para-hydroxylation sites is 2. The van der Waals surface area contributed by atoms with Crippen molar-refractivity contribution in [3.05, 3.63) is 135 Å². The van der Waals surface area contributed by atoms with Crippen LogP contribution in [0.4, 0.5) is 80.4 Å². The van der Waals surface area contributed by atoms with E-state index in [-0.39, 0.29) is 146 Å². The third-order valence-corrected chi connectivity index (χ3v) is 21.6. The van der Waals surface area contributed by atoms with E-state index in [0.29, 0.717) is 22.7 Å². The maximum Gasteiger partial charge on any atom is 0.425 e. The number of non-ortho nitro benzene ring substituents is 1. The Hall–Kier alpha value is -11.1. The van der Waals surface area contributed by atoms with Crippen LogP contribution in [0, 0.1) is 42.2 Å². The van der Waals surface area contributed by atoms with E-state index < -0.39 is 149 Å². The number of pyridine rings is 1. The number of imidazole rings is 1. The summed E-state index contributed by atoms with van der Waals surface area (Å²) in [5, 5.41) is 77.1. The van der Waals surface area contributed by atoms with Gasteiger partial charge in [-0.05, 0) is 129 Å². The number of rotatable bonds is 34. The number of fused-ring (bicyclic) bond motifs is 3. The number of azo groups is 4. The summed E-state index contributed by atoms with van der Waals surface area (Å²) >= 11 is 1.92. The lowest BCUT2D eigenvalue weighted by Crippen LogP contribution is -2.17. The molecule has 0 bridgehead atoms. The summed E-state index contributed by atoms with van der Waals surface area (Å²) in [4.78, 5) is 27.0. The highest BCUT2D eigenvalue weighted by Gasteiger charge is 2.25. The van der Waals surface area contributed by atoms with Crippen LogP contribution in [-0.4, -0.2) is 199 Å². The van der Waals surface area contributed by atoms with Crippen molar-refractivity contribution < 1.29 is 123 Å². The highest BCUT2D eigenvalue weighted by molar-refractivity contribution is 7.99. The van der Waals surface area contributed by atoms with E-state index in [9.17, 15) is 98.3 Å². The molecule has 3 aromatic heterocycles. The summed E-state index contributed by atoms with van der Waals surface area (Å²) < 4.78 is 264. The van der Waals surface area contributed by atoms with Gasteiger partial charge in [-0.1, -0.05) is 25.6 Å². The Morgan fingerprint density at radius 1 is 0.555 bits per heavy atom. The average Bonchev–Trinajstić information content (AvgIpc) is 1.60. The molecule has 0 aliphatic heterocycles. The minimum atomic E-state index is -5.13. The minimum Gasteiger partial charge on any atom is -0.493 e. The van der Waals surface area contributed by atoms with Gasteiger partial charge in [0.05, 0.1) is 73.2 Å². The van der Waals surface area contributed by atoms with Crippen molar-refractivity contribution in [3.8, 4) is 17.7 Å². The molecule has 47 nitrogen and oxygen atoms in total. The van der Waals surface area contributed by atoms with Gasteiger partial charge in [-0.3, -0.25) is 41.8 Å². The van der Waals surface area contributed by atoms with E-state index in [2.05, 4.69) is 87.6 Å². The van der Waals surface area contributed by atoms with Crippen LogP contribution in [0.25, 0.3) is 16.7 Å². The van der Waals surface area contributed by atoms with Gasteiger partial charge in [0, 0.05) is 60.0 Å². The quantitative estimate of drug-likeness (QED) is 0.00447. The third kappa shape index (κ3) is 32.0. The first kappa shape index (κ1) is 98.5. The molecule has 0 atom stereocenters. The number of nitro benzene ring substituents is 1. The second-order valence-electron chi connectivity index (χ2n) is 23.3. The molecule has 0 aliphatic rings. The Bertz CT molecular complexity index is 6430. The van der Waals surface area contributed by atoms with E-state index in [0.717, 1.165) is 47.8 Å². The smallest absolute Gasteiger partial charge is 0.425 e. The molecule has 0 aliphatic carbocycles.